The van der Waals surface area contributed by atoms with Crippen molar-refractivity contribution in [2.75, 3.05) is 10.6 Å². The van der Waals surface area contributed by atoms with Crippen LogP contribution in [0.5, 0.6) is 0 Å². The zero-order valence-electron chi connectivity index (χ0n) is 17.6. The fraction of sp³-hybridized carbons (Fsp3) is 0.217. The van der Waals surface area contributed by atoms with E-state index in [-0.39, 0.29) is 29.8 Å². The lowest BCUT2D eigenvalue weighted by Gasteiger charge is -2.16. The van der Waals surface area contributed by atoms with Crippen molar-refractivity contribution in [3.63, 3.8) is 0 Å². The van der Waals surface area contributed by atoms with Crippen molar-refractivity contribution in [1.29, 1.82) is 0 Å². The Morgan fingerprint density at radius 2 is 1.76 bits per heavy atom. The molecule has 5 rings (SSSR count). The highest BCUT2D eigenvalue weighted by atomic mass is 32.2. The van der Waals surface area contributed by atoms with E-state index in [2.05, 4.69) is 17.2 Å². The Labute approximate surface area is 199 Å². The van der Waals surface area contributed by atoms with E-state index < -0.39 is 10.0 Å². The maximum Gasteiger partial charge on any atom is 0.265 e. The number of hydrogen-bond donors (Lipinski definition) is 2. The summed E-state index contributed by atoms with van der Waals surface area (Å²) in [6.45, 7) is 3.94. The number of amides is 2. The quantitative estimate of drug-likeness (QED) is 0.492. The lowest BCUT2D eigenvalue weighted by Crippen LogP contribution is -2.25. The summed E-state index contributed by atoms with van der Waals surface area (Å²) in [5.74, 6) is -0.469. The molecule has 0 unspecified atom stereocenters. The molecule has 0 fully saturated rings. The number of carbonyl (C=O) groups excluding carboxylic acids is 2. The molecule has 3 aromatic rings. The molecule has 1 aliphatic carbocycles. The Morgan fingerprint density at radius 1 is 0.970 bits per heavy atom. The molecule has 33 heavy (non-hydrogen) atoms. The maximum atomic E-state index is 13.1. The number of nitrogens with zero attached hydrogens (tertiary/aromatic N) is 1. The highest BCUT2D eigenvalue weighted by Gasteiger charge is 2.32. The molecule has 0 atom stereocenters. The Balaban J connectivity index is 1.25. The monoisotopic (exact) mass is 499 g/mol. The van der Waals surface area contributed by atoms with Gasteiger partial charge in [0.2, 0.25) is 15.9 Å². The minimum atomic E-state index is -3.69. The topological polar surface area (TPSA) is 95.6 Å². The fourth-order valence-corrected chi connectivity index (χ4v) is 7.75. The summed E-state index contributed by atoms with van der Waals surface area (Å²) < 4.78 is 27.6. The van der Waals surface area contributed by atoms with Gasteiger partial charge in [-0.3, -0.25) is 9.59 Å². The van der Waals surface area contributed by atoms with E-state index in [1.165, 1.54) is 55.6 Å². The smallest absolute Gasteiger partial charge is 0.265 e. The fourth-order valence-electron chi connectivity index (χ4n) is 4.04. The lowest BCUT2D eigenvalue weighted by atomic mass is 10.2. The lowest BCUT2D eigenvalue weighted by molar-refractivity contribution is -0.111. The summed E-state index contributed by atoms with van der Waals surface area (Å²) in [6, 6.07) is 10.0. The Hall–Kier alpha value is -2.79. The predicted molar refractivity (Wildman–Crippen MR) is 130 cm³/mol. The second-order valence-electron chi connectivity index (χ2n) is 7.92. The van der Waals surface area contributed by atoms with Crippen LogP contribution in [-0.2, 0) is 40.7 Å². The van der Waals surface area contributed by atoms with Crippen molar-refractivity contribution in [1.82, 2.24) is 4.31 Å². The van der Waals surface area contributed by atoms with Gasteiger partial charge in [-0.2, -0.15) is 4.31 Å². The molecular weight excluding hydrogens is 478 g/mol. The number of nitrogens with one attached hydrogen (secondary N) is 2. The van der Waals surface area contributed by atoms with Gasteiger partial charge in [-0.25, -0.2) is 8.42 Å². The maximum absolute atomic E-state index is 13.1. The van der Waals surface area contributed by atoms with Crippen molar-refractivity contribution < 1.29 is 18.0 Å². The second kappa shape index (κ2) is 8.53. The minimum Gasteiger partial charge on any atom is -0.321 e. The van der Waals surface area contributed by atoms with Crippen LogP contribution in [0.2, 0.25) is 0 Å². The van der Waals surface area contributed by atoms with E-state index in [9.17, 15) is 18.0 Å². The summed E-state index contributed by atoms with van der Waals surface area (Å²) in [5, 5.41) is 6.24. The van der Waals surface area contributed by atoms with Gasteiger partial charge in [0.15, 0.2) is 0 Å². The number of thiophene rings is 2. The summed E-state index contributed by atoms with van der Waals surface area (Å²) in [4.78, 5) is 27.1. The van der Waals surface area contributed by atoms with Gasteiger partial charge in [-0.05, 0) is 72.9 Å². The van der Waals surface area contributed by atoms with Gasteiger partial charge >= 0.3 is 0 Å². The minimum absolute atomic E-state index is 0.172. The Bertz CT molecular complexity index is 1330. The molecule has 1 aliphatic heterocycles. The zero-order chi connectivity index (χ0) is 23.2. The van der Waals surface area contributed by atoms with Crippen LogP contribution >= 0.6 is 22.7 Å². The number of rotatable bonds is 6. The van der Waals surface area contributed by atoms with Crippen molar-refractivity contribution in [2.45, 2.75) is 37.2 Å². The number of carbonyl (C=O) groups is 2. The van der Waals surface area contributed by atoms with Crippen molar-refractivity contribution in [2.24, 2.45) is 0 Å². The number of anilines is 2. The third kappa shape index (κ3) is 4.26. The van der Waals surface area contributed by atoms with Gasteiger partial charge in [-0.1, -0.05) is 6.58 Å². The second-order valence-corrected chi connectivity index (χ2v) is 12.1. The SMILES string of the molecule is C=CC(=O)Nc1cc2c(s1)CN(S(=O)(=O)c1ccc(NC(=O)c3cc4c(s3)CCC4)cc1)C2. The Morgan fingerprint density at radius 3 is 2.45 bits per heavy atom. The molecular formula is C23H21N3O4S3. The van der Waals surface area contributed by atoms with E-state index in [1.807, 2.05) is 6.07 Å². The van der Waals surface area contributed by atoms with E-state index in [0.717, 1.165) is 29.7 Å². The predicted octanol–water partition coefficient (Wildman–Crippen LogP) is 4.38. The zero-order valence-corrected chi connectivity index (χ0v) is 20.0. The van der Waals surface area contributed by atoms with Crippen LogP contribution in [0, 0.1) is 0 Å². The molecule has 0 radical (unpaired) electrons. The van der Waals surface area contributed by atoms with Gasteiger partial charge < -0.3 is 10.6 Å². The van der Waals surface area contributed by atoms with Crippen LogP contribution in [0.25, 0.3) is 0 Å². The molecule has 3 heterocycles. The molecule has 2 amide bonds. The molecule has 10 heteroatoms. The third-order valence-electron chi connectivity index (χ3n) is 5.72. The highest BCUT2D eigenvalue weighted by Crippen LogP contribution is 2.37. The van der Waals surface area contributed by atoms with Crippen molar-refractivity contribution in [3.05, 3.63) is 74.8 Å². The average Bonchev–Trinajstić information content (AvgIpc) is 3.54. The van der Waals surface area contributed by atoms with Crippen LogP contribution in [0.4, 0.5) is 10.7 Å². The first-order valence-electron chi connectivity index (χ1n) is 10.4. The normalized spacial score (nSPS) is 15.2. The summed E-state index contributed by atoms with van der Waals surface area (Å²) in [7, 11) is -3.69. The van der Waals surface area contributed by atoms with Gasteiger partial charge in [-0.15, -0.1) is 22.7 Å². The number of fused-ring (bicyclic) bond motifs is 2. The molecule has 2 aliphatic rings. The first kappa shape index (κ1) is 22.0. The first-order chi connectivity index (χ1) is 15.8. The number of hydrogen-bond acceptors (Lipinski definition) is 6. The largest absolute Gasteiger partial charge is 0.321 e. The van der Waals surface area contributed by atoms with Gasteiger partial charge in [0.1, 0.15) is 0 Å². The molecule has 7 nitrogen and oxygen atoms in total. The average molecular weight is 500 g/mol. The highest BCUT2D eigenvalue weighted by molar-refractivity contribution is 7.89. The van der Waals surface area contributed by atoms with Crippen LogP contribution in [0.1, 0.15) is 37.0 Å². The molecule has 0 saturated heterocycles. The molecule has 0 bridgehead atoms. The molecule has 2 aromatic heterocycles. The Kier molecular flexibility index (Phi) is 5.69. The molecule has 1 aromatic carbocycles. The van der Waals surface area contributed by atoms with Crippen LogP contribution in [0.15, 0.2) is 53.9 Å². The third-order valence-corrected chi connectivity index (χ3v) is 9.83. The van der Waals surface area contributed by atoms with Crippen LogP contribution in [0.3, 0.4) is 0 Å². The molecule has 170 valence electrons. The molecule has 0 spiro atoms. The molecule has 0 saturated carbocycles. The van der Waals surface area contributed by atoms with E-state index >= 15 is 0 Å². The van der Waals surface area contributed by atoms with Gasteiger partial charge in [0, 0.05) is 28.5 Å². The van der Waals surface area contributed by atoms with Gasteiger partial charge in [0.05, 0.1) is 14.8 Å². The standard InChI is InChI=1S/C23H21N3O4S3/c1-2-21(27)25-22-11-15-12-26(13-20(15)32-22)33(29,30)17-8-6-16(7-9-17)24-23(28)19-10-14-4-3-5-18(14)31-19/h2,6-11H,1,3-5,12-13H2,(H,24,28)(H,25,27). The first-order valence-corrected chi connectivity index (χ1v) is 13.5. The van der Waals surface area contributed by atoms with E-state index in [1.54, 1.807) is 18.2 Å². The number of aryl methyl sites for hydroxylation is 2. The van der Waals surface area contributed by atoms with Gasteiger partial charge in [0.25, 0.3) is 5.91 Å². The van der Waals surface area contributed by atoms with Crippen molar-refractivity contribution >= 4 is 55.2 Å². The van der Waals surface area contributed by atoms with E-state index in [0.29, 0.717) is 15.6 Å². The van der Waals surface area contributed by atoms with Crippen LogP contribution in [-0.4, -0.2) is 24.5 Å². The van der Waals surface area contributed by atoms with Crippen molar-refractivity contribution in [3.8, 4) is 0 Å². The number of sulfonamides is 1. The van der Waals surface area contributed by atoms with Crippen LogP contribution < -0.4 is 10.6 Å². The van der Waals surface area contributed by atoms with E-state index in [4.69, 9.17) is 0 Å². The number of benzene rings is 1. The summed E-state index contributed by atoms with van der Waals surface area (Å²) >= 11 is 2.90. The summed E-state index contributed by atoms with van der Waals surface area (Å²) in [5.41, 5.74) is 2.70. The molecule has 2 N–H and O–H groups in total. The summed E-state index contributed by atoms with van der Waals surface area (Å²) in [6.07, 6.45) is 4.41.